The van der Waals surface area contributed by atoms with E-state index in [0.29, 0.717) is 47.6 Å². The summed E-state index contributed by atoms with van der Waals surface area (Å²) in [4.78, 5) is 25.9. The fraction of sp³-hybridized carbons (Fsp3) is 0.296. The summed E-state index contributed by atoms with van der Waals surface area (Å²) >= 11 is 6.32. The first-order valence-corrected chi connectivity index (χ1v) is 13.7. The molecule has 0 aromatic heterocycles. The molecule has 1 amide bonds. The van der Waals surface area contributed by atoms with Gasteiger partial charge in [0.05, 0.1) is 16.4 Å². The molecule has 0 saturated heterocycles. The fourth-order valence-electron chi connectivity index (χ4n) is 4.60. The Labute approximate surface area is 221 Å². The predicted octanol–water partition coefficient (Wildman–Crippen LogP) is 6.18. The van der Waals surface area contributed by atoms with Crippen molar-refractivity contribution in [3.8, 4) is 0 Å². The average Bonchev–Trinajstić information content (AvgIpc) is 3.03. The number of nitro benzene ring substituents is 1. The number of amides is 1. The maximum Gasteiger partial charge on any atom is 0.296 e. The molecule has 0 radical (unpaired) electrons. The number of nitrogens with zero attached hydrogens (tertiary/aromatic N) is 2. The Kier molecular flexibility index (Phi) is 7.96. The van der Waals surface area contributed by atoms with Crippen LogP contribution >= 0.6 is 11.6 Å². The molecule has 1 unspecified atom stereocenters. The van der Waals surface area contributed by atoms with Crippen LogP contribution in [0.15, 0.2) is 65.6 Å². The van der Waals surface area contributed by atoms with Crippen LogP contribution in [0, 0.1) is 24.0 Å². The smallest absolute Gasteiger partial charge is 0.296 e. The van der Waals surface area contributed by atoms with E-state index >= 15 is 0 Å². The number of hydrogen-bond acceptors (Lipinski definition) is 6. The van der Waals surface area contributed by atoms with Gasteiger partial charge >= 0.3 is 0 Å². The number of nitro groups is 1. The number of halogens is 1. The van der Waals surface area contributed by atoms with E-state index < -0.39 is 15.0 Å². The van der Waals surface area contributed by atoms with Crippen LogP contribution in [-0.4, -0.2) is 32.4 Å². The van der Waals surface area contributed by atoms with Gasteiger partial charge in [0.1, 0.15) is 0 Å². The van der Waals surface area contributed by atoms with Crippen LogP contribution < -0.4 is 4.90 Å². The van der Waals surface area contributed by atoms with Crippen LogP contribution in [0.3, 0.4) is 0 Å². The summed E-state index contributed by atoms with van der Waals surface area (Å²) in [5.41, 5.74) is 3.32. The summed E-state index contributed by atoms with van der Waals surface area (Å²) in [6, 6.07) is 16.0. The van der Waals surface area contributed by atoms with Gasteiger partial charge in [-0.1, -0.05) is 29.3 Å². The van der Waals surface area contributed by atoms with Gasteiger partial charge in [0, 0.05) is 35.0 Å². The summed E-state index contributed by atoms with van der Waals surface area (Å²) < 4.78 is 30.6. The molecule has 4 rings (SSSR count). The van der Waals surface area contributed by atoms with Gasteiger partial charge in [0.25, 0.3) is 21.7 Å². The molecule has 10 heteroatoms. The summed E-state index contributed by atoms with van der Waals surface area (Å²) in [5.74, 6) is -0.326. The fourth-order valence-corrected chi connectivity index (χ4v) is 5.70. The van der Waals surface area contributed by atoms with Crippen molar-refractivity contribution in [2.45, 2.75) is 43.9 Å². The summed E-state index contributed by atoms with van der Waals surface area (Å²) in [7, 11) is -3.89. The van der Waals surface area contributed by atoms with Gasteiger partial charge in [-0.15, -0.1) is 0 Å². The maximum atomic E-state index is 13.6. The quantitative estimate of drug-likeness (QED) is 0.200. The summed E-state index contributed by atoms with van der Waals surface area (Å²) in [6.45, 7) is 3.99. The Balaban J connectivity index is 1.56. The van der Waals surface area contributed by atoms with Crippen molar-refractivity contribution in [3.63, 3.8) is 0 Å². The standard InChI is InChI=1S/C27H27ClN2O6S/c1-18-5-9-23(10-6-18)37(34,35)36-15-13-20-4-3-14-29(26-12-7-21(28)17-25(20)26)27(31)24-11-8-22(30(32)33)16-19(24)2/h5-12,16-17,20H,3-4,13-15H2,1-2H3. The topological polar surface area (TPSA) is 107 Å². The van der Waals surface area contributed by atoms with E-state index in [1.54, 1.807) is 36.1 Å². The maximum absolute atomic E-state index is 13.6. The normalized spacial score (nSPS) is 15.6. The van der Waals surface area contributed by atoms with Gasteiger partial charge in [-0.05, 0) is 86.6 Å². The van der Waals surface area contributed by atoms with Crippen LogP contribution in [0.2, 0.25) is 5.02 Å². The van der Waals surface area contributed by atoms with Crippen LogP contribution in [-0.2, 0) is 14.3 Å². The van der Waals surface area contributed by atoms with E-state index in [2.05, 4.69) is 0 Å². The average molecular weight is 543 g/mol. The lowest BCUT2D eigenvalue weighted by Gasteiger charge is -2.25. The minimum absolute atomic E-state index is 0.0117. The van der Waals surface area contributed by atoms with Crippen LogP contribution in [0.25, 0.3) is 0 Å². The van der Waals surface area contributed by atoms with E-state index in [1.807, 2.05) is 13.0 Å². The summed E-state index contributed by atoms with van der Waals surface area (Å²) in [6.07, 6.45) is 1.82. The van der Waals surface area contributed by atoms with Crippen molar-refractivity contribution < 1.29 is 22.3 Å². The van der Waals surface area contributed by atoms with Crippen molar-refractivity contribution in [2.75, 3.05) is 18.1 Å². The number of hydrogen-bond donors (Lipinski definition) is 0. The lowest BCUT2D eigenvalue weighted by molar-refractivity contribution is -0.384. The van der Waals surface area contributed by atoms with Gasteiger partial charge in [-0.3, -0.25) is 19.1 Å². The predicted molar refractivity (Wildman–Crippen MR) is 142 cm³/mol. The number of carbonyl (C=O) groups excluding carboxylic acids is 1. The lowest BCUT2D eigenvalue weighted by atomic mass is 9.91. The van der Waals surface area contributed by atoms with Crippen molar-refractivity contribution in [1.82, 2.24) is 0 Å². The molecule has 1 heterocycles. The highest BCUT2D eigenvalue weighted by atomic mass is 35.5. The third-order valence-corrected chi connectivity index (χ3v) is 8.13. The zero-order valence-electron chi connectivity index (χ0n) is 20.5. The third kappa shape index (κ3) is 6.01. The van der Waals surface area contributed by atoms with Crippen molar-refractivity contribution in [1.29, 1.82) is 0 Å². The molecule has 0 aliphatic carbocycles. The molecule has 3 aromatic rings. The van der Waals surface area contributed by atoms with Crippen molar-refractivity contribution in [3.05, 3.63) is 98.1 Å². The van der Waals surface area contributed by atoms with Gasteiger partial charge < -0.3 is 4.90 Å². The van der Waals surface area contributed by atoms with Crippen molar-refractivity contribution in [2.24, 2.45) is 0 Å². The molecule has 8 nitrogen and oxygen atoms in total. The number of non-ortho nitro benzene ring substituents is 1. The second kappa shape index (κ2) is 11.0. The molecule has 37 heavy (non-hydrogen) atoms. The number of anilines is 1. The van der Waals surface area contributed by atoms with Crippen LogP contribution in [0.5, 0.6) is 0 Å². The van der Waals surface area contributed by atoms with E-state index in [0.717, 1.165) is 11.1 Å². The van der Waals surface area contributed by atoms with E-state index in [9.17, 15) is 23.3 Å². The van der Waals surface area contributed by atoms with Gasteiger partial charge in [-0.25, -0.2) is 0 Å². The first-order chi connectivity index (χ1) is 17.6. The Morgan fingerprint density at radius 2 is 1.84 bits per heavy atom. The van der Waals surface area contributed by atoms with Crippen LogP contribution in [0.1, 0.15) is 52.2 Å². The number of carbonyl (C=O) groups is 1. The van der Waals surface area contributed by atoms with E-state index in [4.69, 9.17) is 15.8 Å². The first-order valence-electron chi connectivity index (χ1n) is 11.9. The number of aryl methyl sites for hydroxylation is 2. The molecule has 194 valence electrons. The van der Waals surface area contributed by atoms with E-state index in [-0.39, 0.29) is 29.0 Å². The Bertz CT molecular complexity index is 1440. The Morgan fingerprint density at radius 3 is 2.51 bits per heavy atom. The molecule has 1 aliphatic heterocycles. The molecular formula is C27H27ClN2O6S. The van der Waals surface area contributed by atoms with Crippen LogP contribution in [0.4, 0.5) is 11.4 Å². The molecule has 1 atom stereocenters. The number of benzene rings is 3. The lowest BCUT2D eigenvalue weighted by Crippen LogP contribution is -2.32. The van der Waals surface area contributed by atoms with Gasteiger partial charge in [0.2, 0.25) is 0 Å². The van der Waals surface area contributed by atoms with Gasteiger partial charge in [0.15, 0.2) is 0 Å². The number of fused-ring (bicyclic) bond motifs is 1. The summed E-state index contributed by atoms with van der Waals surface area (Å²) in [5, 5.41) is 11.6. The minimum Gasteiger partial charge on any atom is -0.308 e. The highest BCUT2D eigenvalue weighted by Gasteiger charge is 2.29. The molecule has 0 N–H and O–H groups in total. The first kappa shape index (κ1) is 26.8. The van der Waals surface area contributed by atoms with Crippen molar-refractivity contribution >= 4 is 39.0 Å². The SMILES string of the molecule is Cc1ccc(S(=O)(=O)OCCC2CCCN(C(=O)c3ccc([N+](=O)[O-])cc3C)c3ccc(Cl)cc32)cc1. The molecule has 0 saturated carbocycles. The second-order valence-electron chi connectivity index (χ2n) is 9.13. The second-order valence-corrected chi connectivity index (χ2v) is 11.2. The van der Waals surface area contributed by atoms with Gasteiger partial charge in [-0.2, -0.15) is 8.42 Å². The molecule has 0 fully saturated rings. The Morgan fingerprint density at radius 1 is 1.11 bits per heavy atom. The zero-order chi connectivity index (χ0) is 26.7. The largest absolute Gasteiger partial charge is 0.308 e. The van der Waals surface area contributed by atoms with E-state index in [1.165, 1.54) is 30.3 Å². The highest BCUT2D eigenvalue weighted by Crippen LogP contribution is 2.39. The monoisotopic (exact) mass is 542 g/mol. The minimum atomic E-state index is -3.89. The molecule has 0 bridgehead atoms. The highest BCUT2D eigenvalue weighted by molar-refractivity contribution is 7.86. The zero-order valence-corrected chi connectivity index (χ0v) is 22.1. The molecule has 1 aliphatic rings. The number of rotatable bonds is 7. The molecular weight excluding hydrogens is 516 g/mol. The molecule has 3 aromatic carbocycles. The third-order valence-electron chi connectivity index (χ3n) is 6.57. The molecule has 0 spiro atoms. The Hall–Kier alpha value is -3.27.